The largest absolute Gasteiger partial charge is 0.311 e. The minimum atomic E-state index is 0.638. The number of halogens is 1. The molecule has 0 amide bonds. The van der Waals surface area contributed by atoms with Crippen LogP contribution in [0.15, 0.2) is 36.5 Å². The summed E-state index contributed by atoms with van der Waals surface area (Å²) in [5, 5.41) is 4.15. The normalized spacial score (nSPS) is 11.0. The van der Waals surface area contributed by atoms with E-state index < -0.39 is 0 Å². The van der Waals surface area contributed by atoms with Gasteiger partial charge in [-0.2, -0.15) is 0 Å². The molecule has 1 N–H and O–H groups in total. The van der Waals surface area contributed by atoms with Gasteiger partial charge in [-0.1, -0.05) is 43.6 Å². The third-order valence-electron chi connectivity index (χ3n) is 2.93. The molecule has 20 heavy (non-hydrogen) atoms. The second kappa shape index (κ2) is 7.36. The Kier molecular flexibility index (Phi) is 5.50. The smallest absolute Gasteiger partial charge is 0.133 e. The monoisotopic (exact) mass is 289 g/mol. The number of benzene rings is 1. The van der Waals surface area contributed by atoms with Crippen LogP contribution in [0, 0.1) is 5.92 Å². The summed E-state index contributed by atoms with van der Waals surface area (Å²) in [7, 11) is 0. The molecule has 0 aliphatic rings. The van der Waals surface area contributed by atoms with E-state index >= 15 is 0 Å². The van der Waals surface area contributed by atoms with E-state index in [1.807, 2.05) is 36.5 Å². The maximum atomic E-state index is 6.16. The van der Waals surface area contributed by atoms with Crippen molar-refractivity contribution in [1.29, 1.82) is 0 Å². The number of nitrogens with one attached hydrogen (secondary N) is 1. The maximum Gasteiger partial charge on any atom is 0.133 e. The van der Waals surface area contributed by atoms with Gasteiger partial charge >= 0.3 is 0 Å². The molecule has 0 unspecified atom stereocenters. The van der Waals surface area contributed by atoms with Gasteiger partial charge in [0.2, 0.25) is 0 Å². The van der Waals surface area contributed by atoms with Gasteiger partial charge in [-0.15, -0.1) is 0 Å². The van der Waals surface area contributed by atoms with Gasteiger partial charge in [0, 0.05) is 24.2 Å². The van der Waals surface area contributed by atoms with Crippen LogP contribution in [0.4, 0.5) is 0 Å². The van der Waals surface area contributed by atoms with Crippen molar-refractivity contribution >= 4 is 11.6 Å². The first-order valence-electron chi connectivity index (χ1n) is 6.90. The van der Waals surface area contributed by atoms with Crippen LogP contribution >= 0.6 is 11.6 Å². The van der Waals surface area contributed by atoms with Gasteiger partial charge in [-0.05, 0) is 30.2 Å². The van der Waals surface area contributed by atoms with Crippen LogP contribution in [-0.2, 0) is 13.0 Å². The molecule has 2 rings (SSSR count). The lowest BCUT2D eigenvalue weighted by atomic mass is 10.1. The van der Waals surface area contributed by atoms with Crippen molar-refractivity contribution in [3.63, 3.8) is 0 Å². The third kappa shape index (κ3) is 4.58. The molecule has 0 bridgehead atoms. The van der Waals surface area contributed by atoms with Crippen molar-refractivity contribution in [2.24, 2.45) is 5.92 Å². The Balaban J connectivity index is 2.01. The minimum absolute atomic E-state index is 0.638. The molecular formula is C16H20ClN3. The molecule has 0 atom stereocenters. The van der Waals surface area contributed by atoms with Crippen LogP contribution in [0.2, 0.25) is 5.02 Å². The molecule has 4 heteroatoms. The van der Waals surface area contributed by atoms with Gasteiger partial charge in [0.1, 0.15) is 5.82 Å². The fourth-order valence-corrected chi connectivity index (χ4v) is 2.13. The minimum Gasteiger partial charge on any atom is -0.311 e. The van der Waals surface area contributed by atoms with E-state index in [-0.39, 0.29) is 0 Å². The Morgan fingerprint density at radius 3 is 2.75 bits per heavy atom. The predicted molar refractivity (Wildman–Crippen MR) is 82.8 cm³/mol. The zero-order valence-corrected chi connectivity index (χ0v) is 12.7. The van der Waals surface area contributed by atoms with Gasteiger partial charge in [-0.3, -0.25) is 0 Å². The lowest BCUT2D eigenvalue weighted by molar-refractivity contribution is 0.547. The summed E-state index contributed by atoms with van der Waals surface area (Å²) in [5.74, 6) is 1.45. The second-order valence-electron chi connectivity index (χ2n) is 5.26. The van der Waals surface area contributed by atoms with Crippen LogP contribution in [-0.4, -0.2) is 16.5 Å². The van der Waals surface area contributed by atoms with Gasteiger partial charge < -0.3 is 5.32 Å². The maximum absolute atomic E-state index is 6.16. The quantitative estimate of drug-likeness (QED) is 0.885. The highest BCUT2D eigenvalue weighted by atomic mass is 35.5. The van der Waals surface area contributed by atoms with E-state index in [0.29, 0.717) is 12.3 Å². The topological polar surface area (TPSA) is 37.8 Å². The van der Waals surface area contributed by atoms with Crippen LogP contribution < -0.4 is 5.32 Å². The molecule has 0 saturated heterocycles. The molecule has 0 fully saturated rings. The Morgan fingerprint density at radius 2 is 2.00 bits per heavy atom. The molecule has 2 aromatic rings. The van der Waals surface area contributed by atoms with Gasteiger partial charge in [0.05, 0.1) is 5.69 Å². The number of hydrogen-bond acceptors (Lipinski definition) is 3. The Bertz CT molecular complexity index is 555. The summed E-state index contributed by atoms with van der Waals surface area (Å²) in [5.41, 5.74) is 2.07. The predicted octanol–water partition coefficient (Wildman–Crippen LogP) is 3.47. The van der Waals surface area contributed by atoms with E-state index in [4.69, 9.17) is 11.6 Å². The molecule has 1 aromatic heterocycles. The second-order valence-corrected chi connectivity index (χ2v) is 5.66. The first-order chi connectivity index (χ1) is 9.65. The number of nitrogens with zero attached hydrogens (tertiary/aromatic N) is 2. The van der Waals surface area contributed by atoms with Crippen molar-refractivity contribution in [3.8, 4) is 0 Å². The third-order valence-corrected chi connectivity index (χ3v) is 3.30. The molecule has 106 valence electrons. The fraction of sp³-hybridized carbons (Fsp3) is 0.375. The lowest BCUT2D eigenvalue weighted by Crippen LogP contribution is -2.20. The average molecular weight is 290 g/mol. The van der Waals surface area contributed by atoms with Crippen molar-refractivity contribution < 1.29 is 0 Å². The van der Waals surface area contributed by atoms with Crippen molar-refractivity contribution in [3.05, 3.63) is 58.6 Å². The molecule has 0 aliphatic heterocycles. The Hall–Kier alpha value is -1.45. The summed E-state index contributed by atoms with van der Waals surface area (Å²) in [6, 6.07) is 9.76. The van der Waals surface area contributed by atoms with E-state index in [1.165, 1.54) is 0 Å². The fourth-order valence-electron chi connectivity index (χ4n) is 1.93. The number of hydrogen-bond donors (Lipinski definition) is 1. The SMILES string of the molecule is CC(C)CNCc1ccnc(Cc2ccccc2Cl)n1. The molecule has 0 aliphatic carbocycles. The molecule has 0 radical (unpaired) electrons. The average Bonchev–Trinajstić information content (AvgIpc) is 2.41. The first-order valence-corrected chi connectivity index (χ1v) is 7.28. The summed E-state index contributed by atoms with van der Waals surface area (Å²) in [4.78, 5) is 8.90. The molecule has 3 nitrogen and oxygen atoms in total. The Labute approximate surface area is 125 Å². The highest BCUT2D eigenvalue weighted by Gasteiger charge is 2.04. The Morgan fingerprint density at radius 1 is 1.20 bits per heavy atom. The zero-order valence-electron chi connectivity index (χ0n) is 11.9. The van der Waals surface area contributed by atoms with E-state index in [0.717, 1.165) is 35.2 Å². The van der Waals surface area contributed by atoms with Crippen LogP contribution in [0.5, 0.6) is 0 Å². The molecule has 0 saturated carbocycles. The van der Waals surface area contributed by atoms with E-state index in [2.05, 4.69) is 29.1 Å². The molecule has 1 heterocycles. The van der Waals surface area contributed by atoms with Crippen molar-refractivity contribution in [1.82, 2.24) is 15.3 Å². The van der Waals surface area contributed by atoms with Crippen LogP contribution in [0.25, 0.3) is 0 Å². The van der Waals surface area contributed by atoms with Gasteiger partial charge in [0.25, 0.3) is 0 Å². The lowest BCUT2D eigenvalue weighted by Gasteiger charge is -2.08. The van der Waals surface area contributed by atoms with Gasteiger partial charge in [-0.25, -0.2) is 9.97 Å². The highest BCUT2D eigenvalue weighted by molar-refractivity contribution is 6.31. The zero-order chi connectivity index (χ0) is 14.4. The summed E-state index contributed by atoms with van der Waals surface area (Å²) >= 11 is 6.16. The van der Waals surface area contributed by atoms with Crippen molar-refractivity contribution in [2.75, 3.05) is 6.54 Å². The number of rotatable bonds is 6. The molecule has 1 aromatic carbocycles. The molecule has 0 spiro atoms. The van der Waals surface area contributed by atoms with Crippen molar-refractivity contribution in [2.45, 2.75) is 26.8 Å². The van der Waals surface area contributed by atoms with Crippen LogP contribution in [0.1, 0.15) is 30.9 Å². The number of aromatic nitrogens is 2. The summed E-state index contributed by atoms with van der Waals surface area (Å²) < 4.78 is 0. The molecular weight excluding hydrogens is 270 g/mol. The van der Waals surface area contributed by atoms with E-state index in [9.17, 15) is 0 Å². The standard InChI is InChI=1S/C16H20ClN3/c1-12(2)10-18-11-14-7-8-19-16(20-14)9-13-5-3-4-6-15(13)17/h3-8,12,18H,9-11H2,1-2H3. The van der Waals surface area contributed by atoms with Gasteiger partial charge in [0.15, 0.2) is 0 Å². The van der Waals surface area contributed by atoms with Crippen LogP contribution in [0.3, 0.4) is 0 Å². The first kappa shape index (κ1) is 14.9. The highest BCUT2D eigenvalue weighted by Crippen LogP contribution is 2.17. The summed E-state index contributed by atoms with van der Waals surface area (Å²) in [6.45, 7) is 6.14. The van der Waals surface area contributed by atoms with E-state index in [1.54, 1.807) is 0 Å². The summed E-state index contributed by atoms with van der Waals surface area (Å²) in [6.07, 6.45) is 2.48.